The Bertz CT molecular complexity index is 496. The number of carbonyl (C=O) groups excluding carboxylic acids is 2. The number of methoxy groups -OCH3 is 1. The molecule has 0 unspecified atom stereocenters. The number of esters is 1. The van der Waals surface area contributed by atoms with Gasteiger partial charge in [-0.25, -0.2) is 14.8 Å². The van der Waals surface area contributed by atoms with Crippen LogP contribution in [-0.4, -0.2) is 37.1 Å². The van der Waals surface area contributed by atoms with Crippen LogP contribution in [0, 0.1) is 6.92 Å². The molecule has 0 aromatic heterocycles. The predicted octanol–water partition coefficient (Wildman–Crippen LogP) is 2.39. The smallest absolute Gasteiger partial charge is 0.340 e. The highest BCUT2D eigenvalue weighted by molar-refractivity contribution is 6.02. The van der Waals surface area contributed by atoms with E-state index >= 15 is 0 Å². The first-order chi connectivity index (χ1) is 9.47. The van der Waals surface area contributed by atoms with Crippen molar-refractivity contribution in [3.05, 3.63) is 29.3 Å². The maximum absolute atomic E-state index is 12.1. The van der Waals surface area contributed by atoms with E-state index < -0.39 is 5.97 Å². The van der Waals surface area contributed by atoms with Gasteiger partial charge in [-0.2, -0.15) is 0 Å². The number of hydrogen-bond donors (Lipinski definition) is 0. The molecule has 20 heavy (non-hydrogen) atoms. The van der Waals surface area contributed by atoms with E-state index in [4.69, 9.17) is 4.74 Å². The number of hydrogen-bond acceptors (Lipinski definition) is 4. The highest BCUT2D eigenvalue weighted by Gasteiger charge is 2.25. The monoisotopic (exact) mass is 278 g/mol. The Morgan fingerprint density at radius 1 is 1.20 bits per heavy atom. The molecule has 0 N–H and O–H groups in total. The Morgan fingerprint density at radius 3 is 2.25 bits per heavy atom. The number of anilines is 1. The largest absolute Gasteiger partial charge is 0.465 e. The summed E-state index contributed by atoms with van der Waals surface area (Å²) in [6.45, 7) is 8.65. The zero-order valence-electron chi connectivity index (χ0n) is 12.8. The van der Waals surface area contributed by atoms with E-state index in [1.807, 2.05) is 31.8 Å². The summed E-state index contributed by atoms with van der Waals surface area (Å²) in [5.74, 6) is -0.574. The standard InChI is InChI=1S/C15H22N2O3/c1-6-16(7-2)17(12(4)18)14-11(3)9-8-10-13(14)15(19)20-5/h8-10H,6-7H2,1-5H3. The van der Waals surface area contributed by atoms with E-state index in [-0.39, 0.29) is 5.91 Å². The number of nitrogens with zero attached hydrogens (tertiary/aromatic N) is 2. The van der Waals surface area contributed by atoms with Crippen LogP contribution in [0.25, 0.3) is 0 Å². The summed E-state index contributed by atoms with van der Waals surface area (Å²) in [5, 5.41) is 3.44. The molecule has 0 fully saturated rings. The topological polar surface area (TPSA) is 49.9 Å². The van der Waals surface area contributed by atoms with Gasteiger partial charge in [0, 0.05) is 20.0 Å². The second-order valence-corrected chi connectivity index (χ2v) is 4.43. The van der Waals surface area contributed by atoms with Crippen LogP contribution in [0.5, 0.6) is 0 Å². The van der Waals surface area contributed by atoms with E-state index in [0.717, 1.165) is 5.56 Å². The minimum Gasteiger partial charge on any atom is -0.465 e. The van der Waals surface area contributed by atoms with Crippen LogP contribution in [0.1, 0.15) is 36.7 Å². The maximum Gasteiger partial charge on any atom is 0.340 e. The Balaban J connectivity index is 3.46. The van der Waals surface area contributed by atoms with Crippen molar-refractivity contribution >= 4 is 17.6 Å². The summed E-state index contributed by atoms with van der Waals surface area (Å²) in [6, 6.07) is 5.33. The van der Waals surface area contributed by atoms with E-state index in [1.54, 1.807) is 17.1 Å². The molecule has 5 heteroatoms. The van der Waals surface area contributed by atoms with Crippen molar-refractivity contribution in [1.29, 1.82) is 0 Å². The molecule has 0 spiro atoms. The van der Waals surface area contributed by atoms with Crippen LogP contribution >= 0.6 is 0 Å². The van der Waals surface area contributed by atoms with Crippen LogP contribution in [0.15, 0.2) is 18.2 Å². The first kappa shape index (κ1) is 16.2. The lowest BCUT2D eigenvalue weighted by Gasteiger charge is -2.34. The molecule has 1 aromatic rings. The molecular formula is C15H22N2O3. The van der Waals surface area contributed by atoms with Crippen molar-refractivity contribution in [3.63, 3.8) is 0 Å². The van der Waals surface area contributed by atoms with Gasteiger partial charge >= 0.3 is 5.97 Å². The van der Waals surface area contributed by atoms with Gasteiger partial charge in [-0.05, 0) is 18.6 Å². The number of aryl methyl sites for hydroxylation is 1. The van der Waals surface area contributed by atoms with E-state index in [0.29, 0.717) is 24.3 Å². The fourth-order valence-corrected chi connectivity index (χ4v) is 2.22. The van der Waals surface area contributed by atoms with E-state index in [9.17, 15) is 9.59 Å². The Hall–Kier alpha value is -1.88. The molecule has 110 valence electrons. The van der Waals surface area contributed by atoms with Crippen molar-refractivity contribution < 1.29 is 14.3 Å². The maximum atomic E-state index is 12.1. The summed E-state index contributed by atoms with van der Waals surface area (Å²) in [4.78, 5) is 24.0. The van der Waals surface area contributed by atoms with Crippen molar-refractivity contribution in [2.75, 3.05) is 25.2 Å². The Kier molecular flexibility index (Phi) is 5.70. The van der Waals surface area contributed by atoms with Gasteiger partial charge in [0.1, 0.15) is 0 Å². The van der Waals surface area contributed by atoms with E-state index in [1.165, 1.54) is 14.0 Å². The second-order valence-electron chi connectivity index (χ2n) is 4.43. The van der Waals surface area contributed by atoms with Gasteiger partial charge in [-0.3, -0.25) is 4.79 Å². The number of ether oxygens (including phenoxy) is 1. The minimum absolute atomic E-state index is 0.131. The summed E-state index contributed by atoms with van der Waals surface area (Å²) in [5.41, 5.74) is 1.85. The molecule has 1 rings (SSSR count). The third-order valence-corrected chi connectivity index (χ3v) is 3.17. The molecule has 0 saturated heterocycles. The van der Waals surface area contributed by atoms with Crippen molar-refractivity contribution in [1.82, 2.24) is 5.01 Å². The fourth-order valence-electron chi connectivity index (χ4n) is 2.22. The zero-order chi connectivity index (χ0) is 15.3. The average molecular weight is 278 g/mol. The molecule has 5 nitrogen and oxygen atoms in total. The van der Waals surface area contributed by atoms with E-state index in [2.05, 4.69) is 0 Å². The van der Waals surface area contributed by atoms with Crippen LogP contribution in [0.3, 0.4) is 0 Å². The molecule has 0 bridgehead atoms. The molecule has 0 aliphatic heterocycles. The number of carbonyl (C=O) groups is 2. The minimum atomic E-state index is -0.442. The third kappa shape index (κ3) is 3.17. The molecule has 0 heterocycles. The van der Waals surface area contributed by atoms with Gasteiger partial charge in [0.2, 0.25) is 5.91 Å². The highest BCUT2D eigenvalue weighted by Crippen LogP contribution is 2.27. The first-order valence-corrected chi connectivity index (χ1v) is 6.71. The van der Waals surface area contributed by atoms with Gasteiger partial charge in [0.05, 0.1) is 18.4 Å². The zero-order valence-corrected chi connectivity index (χ0v) is 12.8. The number of amides is 1. The van der Waals surface area contributed by atoms with Crippen LogP contribution < -0.4 is 5.01 Å². The first-order valence-electron chi connectivity index (χ1n) is 6.71. The summed E-state index contributed by atoms with van der Waals surface area (Å²) in [7, 11) is 1.34. The van der Waals surface area contributed by atoms with Gasteiger partial charge in [0.25, 0.3) is 0 Å². The lowest BCUT2D eigenvalue weighted by molar-refractivity contribution is -0.119. The predicted molar refractivity (Wildman–Crippen MR) is 78.6 cm³/mol. The van der Waals surface area contributed by atoms with Crippen molar-refractivity contribution in [3.8, 4) is 0 Å². The molecule has 0 atom stereocenters. The SMILES string of the molecule is CCN(CC)N(C(C)=O)c1c(C)cccc1C(=O)OC. The molecular weight excluding hydrogens is 256 g/mol. The Labute approximate surface area is 120 Å². The molecule has 0 saturated carbocycles. The third-order valence-electron chi connectivity index (χ3n) is 3.17. The van der Waals surface area contributed by atoms with Gasteiger partial charge < -0.3 is 4.74 Å². The van der Waals surface area contributed by atoms with Crippen LogP contribution in [-0.2, 0) is 9.53 Å². The number of rotatable bonds is 5. The number of hydrazine groups is 1. The van der Waals surface area contributed by atoms with Gasteiger partial charge in [-0.15, -0.1) is 0 Å². The molecule has 0 aliphatic rings. The fraction of sp³-hybridized carbons (Fsp3) is 0.467. The molecule has 0 radical (unpaired) electrons. The van der Waals surface area contributed by atoms with Crippen LogP contribution in [0.2, 0.25) is 0 Å². The van der Waals surface area contributed by atoms with Crippen molar-refractivity contribution in [2.24, 2.45) is 0 Å². The second kappa shape index (κ2) is 7.05. The number of para-hydroxylation sites is 1. The summed E-state index contributed by atoms with van der Waals surface area (Å²) < 4.78 is 4.81. The lowest BCUT2D eigenvalue weighted by Crippen LogP contribution is -2.46. The Morgan fingerprint density at radius 2 is 1.80 bits per heavy atom. The molecule has 1 aromatic carbocycles. The average Bonchev–Trinajstić information content (AvgIpc) is 2.44. The molecule has 1 amide bonds. The summed E-state index contributed by atoms with van der Waals surface area (Å²) >= 11 is 0. The lowest BCUT2D eigenvalue weighted by atomic mass is 10.1. The number of benzene rings is 1. The highest BCUT2D eigenvalue weighted by atomic mass is 16.5. The van der Waals surface area contributed by atoms with Gasteiger partial charge in [0.15, 0.2) is 0 Å². The quantitative estimate of drug-likeness (QED) is 0.613. The van der Waals surface area contributed by atoms with Crippen LogP contribution in [0.4, 0.5) is 5.69 Å². The van der Waals surface area contributed by atoms with Gasteiger partial charge in [-0.1, -0.05) is 26.0 Å². The molecule has 0 aliphatic carbocycles. The van der Waals surface area contributed by atoms with Crippen molar-refractivity contribution in [2.45, 2.75) is 27.7 Å². The normalized spacial score (nSPS) is 10.5. The summed E-state index contributed by atoms with van der Waals surface area (Å²) in [6.07, 6.45) is 0.